The number of rotatable bonds is 7. The van der Waals surface area contributed by atoms with E-state index in [0.29, 0.717) is 21.9 Å². The average Bonchev–Trinajstić information content (AvgIpc) is 3.26. The summed E-state index contributed by atoms with van der Waals surface area (Å²) < 4.78 is 21.7. The molecule has 1 fully saturated rings. The third-order valence-corrected chi connectivity index (χ3v) is 5.90. The molecule has 3 heterocycles. The van der Waals surface area contributed by atoms with Gasteiger partial charge in [-0.25, -0.2) is 9.37 Å². The third kappa shape index (κ3) is 5.15. The molecule has 1 aliphatic heterocycles. The molecule has 1 saturated heterocycles. The fourth-order valence-corrected chi connectivity index (χ4v) is 3.82. The Hall–Kier alpha value is -2.68. The van der Waals surface area contributed by atoms with Crippen LogP contribution in [0.4, 0.5) is 10.2 Å². The van der Waals surface area contributed by atoms with Crippen LogP contribution in [0.1, 0.15) is 11.1 Å². The molecule has 2 aromatic heterocycles. The van der Waals surface area contributed by atoms with E-state index in [9.17, 15) is 4.39 Å². The minimum absolute atomic E-state index is 0.0989. The van der Waals surface area contributed by atoms with E-state index in [1.165, 1.54) is 12.1 Å². The Bertz CT molecular complexity index is 1050. The van der Waals surface area contributed by atoms with E-state index < -0.39 is 0 Å². The van der Waals surface area contributed by atoms with Gasteiger partial charge in [0.2, 0.25) is 0 Å². The number of pyridine rings is 1. The number of nitrogens with zero attached hydrogens (tertiary/aromatic N) is 4. The van der Waals surface area contributed by atoms with Crippen LogP contribution >= 0.6 is 11.6 Å². The number of nitrogens with one attached hydrogen (secondary N) is 1. The highest BCUT2D eigenvalue weighted by molar-refractivity contribution is 6.31. The molecule has 164 valence electrons. The van der Waals surface area contributed by atoms with Crippen molar-refractivity contribution < 1.29 is 9.13 Å². The monoisotopic (exact) mass is 444 g/mol. The fraction of sp³-hybridized carbons (Fsp3) is 0.364. The second kappa shape index (κ2) is 9.64. The maximum atomic E-state index is 13.9. The Balaban J connectivity index is 1.44. The van der Waals surface area contributed by atoms with Crippen molar-refractivity contribution in [3.05, 3.63) is 58.8 Å². The maximum Gasteiger partial charge on any atom is 0.166 e. The molecule has 3 N–H and O–H groups in total. The van der Waals surface area contributed by atoms with E-state index >= 15 is 0 Å². The molecule has 4 rings (SSSR count). The van der Waals surface area contributed by atoms with Gasteiger partial charge in [-0.2, -0.15) is 5.10 Å². The molecule has 1 aromatic carbocycles. The van der Waals surface area contributed by atoms with Crippen molar-refractivity contribution in [2.45, 2.75) is 20.1 Å². The number of halogens is 2. The summed E-state index contributed by atoms with van der Waals surface area (Å²) in [6.45, 7) is 7.74. The molecule has 0 spiro atoms. The number of benzene rings is 1. The van der Waals surface area contributed by atoms with Crippen molar-refractivity contribution in [1.29, 1.82) is 0 Å². The van der Waals surface area contributed by atoms with Gasteiger partial charge in [-0.05, 0) is 30.7 Å². The summed E-state index contributed by atoms with van der Waals surface area (Å²) in [5.74, 6) is 0.363. The van der Waals surface area contributed by atoms with Crippen LogP contribution in [-0.4, -0.2) is 52.4 Å². The Morgan fingerprint density at radius 2 is 2.00 bits per heavy atom. The SMILES string of the molecule is Cc1c(F)ccc(Cl)c1COc1cc(-c2cnn(CCN3CCNCC3)c2)cnc1N. The van der Waals surface area contributed by atoms with Crippen LogP contribution in [0.2, 0.25) is 5.02 Å². The lowest BCUT2D eigenvalue weighted by atomic mass is 10.1. The van der Waals surface area contributed by atoms with Crippen molar-refractivity contribution in [3.63, 3.8) is 0 Å². The first-order valence-electron chi connectivity index (χ1n) is 10.3. The zero-order valence-electron chi connectivity index (χ0n) is 17.4. The molecular formula is C22H26ClFN6O. The Morgan fingerprint density at radius 3 is 2.81 bits per heavy atom. The summed E-state index contributed by atoms with van der Waals surface area (Å²) in [5, 5.41) is 8.28. The van der Waals surface area contributed by atoms with Gasteiger partial charge in [-0.15, -0.1) is 0 Å². The molecule has 0 saturated carbocycles. The molecule has 1 aliphatic rings. The van der Waals surface area contributed by atoms with Gasteiger partial charge in [-0.3, -0.25) is 9.58 Å². The second-order valence-electron chi connectivity index (χ2n) is 7.61. The van der Waals surface area contributed by atoms with E-state index in [2.05, 4.69) is 20.3 Å². The molecule has 0 bridgehead atoms. The second-order valence-corrected chi connectivity index (χ2v) is 8.02. The van der Waals surface area contributed by atoms with E-state index in [-0.39, 0.29) is 18.2 Å². The van der Waals surface area contributed by atoms with Crippen LogP contribution in [-0.2, 0) is 13.2 Å². The van der Waals surface area contributed by atoms with Crippen molar-refractivity contribution in [1.82, 2.24) is 25.0 Å². The zero-order chi connectivity index (χ0) is 21.8. The summed E-state index contributed by atoms with van der Waals surface area (Å²) >= 11 is 6.21. The van der Waals surface area contributed by atoms with E-state index in [1.807, 2.05) is 23.1 Å². The summed E-state index contributed by atoms with van der Waals surface area (Å²) in [7, 11) is 0. The molecule has 0 unspecified atom stereocenters. The highest BCUT2D eigenvalue weighted by atomic mass is 35.5. The molecular weight excluding hydrogens is 419 g/mol. The number of anilines is 1. The van der Waals surface area contributed by atoms with Gasteiger partial charge in [0.15, 0.2) is 11.6 Å². The van der Waals surface area contributed by atoms with Gasteiger partial charge in [-0.1, -0.05) is 11.6 Å². The summed E-state index contributed by atoms with van der Waals surface area (Å²) in [5.41, 5.74) is 8.82. The minimum atomic E-state index is -0.323. The lowest BCUT2D eigenvalue weighted by Gasteiger charge is -2.26. The van der Waals surface area contributed by atoms with E-state index in [1.54, 1.807) is 13.1 Å². The largest absolute Gasteiger partial charge is 0.485 e. The highest BCUT2D eigenvalue weighted by Gasteiger charge is 2.13. The van der Waals surface area contributed by atoms with Crippen LogP contribution in [0.15, 0.2) is 36.8 Å². The smallest absolute Gasteiger partial charge is 0.166 e. The van der Waals surface area contributed by atoms with Crippen molar-refractivity contribution >= 4 is 17.4 Å². The van der Waals surface area contributed by atoms with Crippen LogP contribution in [0, 0.1) is 12.7 Å². The maximum absolute atomic E-state index is 13.9. The van der Waals surface area contributed by atoms with Crippen LogP contribution < -0.4 is 15.8 Å². The summed E-state index contributed by atoms with van der Waals surface area (Å²) in [4.78, 5) is 6.68. The molecule has 3 aromatic rings. The third-order valence-electron chi connectivity index (χ3n) is 5.55. The van der Waals surface area contributed by atoms with Crippen molar-refractivity contribution in [3.8, 4) is 16.9 Å². The van der Waals surface area contributed by atoms with Crippen LogP contribution in [0.25, 0.3) is 11.1 Å². The van der Waals surface area contributed by atoms with E-state index in [4.69, 9.17) is 22.1 Å². The molecule has 0 radical (unpaired) electrons. The predicted molar refractivity (Wildman–Crippen MR) is 120 cm³/mol. The lowest BCUT2D eigenvalue weighted by molar-refractivity contribution is 0.229. The Morgan fingerprint density at radius 1 is 1.19 bits per heavy atom. The van der Waals surface area contributed by atoms with Gasteiger partial charge in [0.05, 0.1) is 12.7 Å². The van der Waals surface area contributed by atoms with Gasteiger partial charge in [0.25, 0.3) is 0 Å². The number of nitrogen functional groups attached to an aromatic ring is 1. The summed E-state index contributed by atoms with van der Waals surface area (Å²) in [6.07, 6.45) is 5.50. The first kappa shape index (κ1) is 21.5. The zero-order valence-corrected chi connectivity index (χ0v) is 18.2. The topological polar surface area (TPSA) is 81.2 Å². The number of hydrogen-bond donors (Lipinski definition) is 2. The average molecular weight is 445 g/mol. The highest BCUT2D eigenvalue weighted by Crippen LogP contribution is 2.29. The number of piperazine rings is 1. The molecule has 31 heavy (non-hydrogen) atoms. The van der Waals surface area contributed by atoms with Gasteiger partial charge >= 0.3 is 0 Å². The predicted octanol–water partition coefficient (Wildman–Crippen LogP) is 3.11. The first-order chi connectivity index (χ1) is 15.0. The lowest BCUT2D eigenvalue weighted by Crippen LogP contribution is -2.44. The quantitative estimate of drug-likeness (QED) is 0.582. The standard InChI is InChI=1S/C22H26ClFN6O/c1-15-18(19(23)2-3-20(15)24)14-31-21-10-16(11-27-22(21)25)17-12-28-30(13-17)9-8-29-6-4-26-5-7-29/h2-3,10-13,26H,4-9,14H2,1H3,(H2,25,27). The molecule has 0 aliphatic carbocycles. The van der Waals surface area contributed by atoms with Crippen LogP contribution in [0.5, 0.6) is 5.75 Å². The number of nitrogens with two attached hydrogens (primary N) is 1. The molecule has 0 atom stereocenters. The Kier molecular flexibility index (Phi) is 6.70. The summed E-state index contributed by atoms with van der Waals surface area (Å²) in [6, 6.07) is 4.69. The van der Waals surface area contributed by atoms with Gasteiger partial charge < -0.3 is 15.8 Å². The van der Waals surface area contributed by atoms with Crippen molar-refractivity contribution in [2.24, 2.45) is 0 Å². The van der Waals surface area contributed by atoms with Gasteiger partial charge in [0.1, 0.15) is 12.4 Å². The minimum Gasteiger partial charge on any atom is -0.485 e. The molecule has 0 amide bonds. The van der Waals surface area contributed by atoms with Crippen LogP contribution in [0.3, 0.4) is 0 Å². The molecule has 7 nitrogen and oxygen atoms in total. The van der Waals surface area contributed by atoms with Gasteiger partial charge in [0, 0.05) is 66.8 Å². The Labute approximate surface area is 186 Å². The number of aromatic nitrogens is 3. The number of hydrogen-bond acceptors (Lipinski definition) is 6. The molecule has 9 heteroatoms. The first-order valence-corrected chi connectivity index (χ1v) is 10.7. The number of ether oxygens (including phenoxy) is 1. The normalized spacial score (nSPS) is 14.7. The van der Waals surface area contributed by atoms with Crippen molar-refractivity contribution in [2.75, 3.05) is 38.5 Å². The fourth-order valence-electron chi connectivity index (χ4n) is 3.56. The van der Waals surface area contributed by atoms with E-state index in [0.717, 1.165) is 50.4 Å².